The SMILES string of the molecule is CC(C)[C@@H](CO)NS(=O)(=O)c1cc([N+](=O)[O-])c(Cl)s1. The van der Waals surface area contributed by atoms with Gasteiger partial charge in [-0.1, -0.05) is 25.4 Å². The molecule has 10 heteroatoms. The third-order valence-corrected chi connectivity index (χ3v) is 5.72. The molecule has 0 saturated heterocycles. The summed E-state index contributed by atoms with van der Waals surface area (Å²) in [6.45, 7) is 3.12. The van der Waals surface area contributed by atoms with Crippen LogP contribution in [0.2, 0.25) is 4.34 Å². The van der Waals surface area contributed by atoms with E-state index in [-0.39, 0.29) is 21.1 Å². The minimum atomic E-state index is -3.93. The summed E-state index contributed by atoms with van der Waals surface area (Å²) >= 11 is 6.22. The smallest absolute Gasteiger partial charge is 0.300 e. The first-order valence-corrected chi connectivity index (χ1v) is 7.93. The maximum Gasteiger partial charge on any atom is 0.300 e. The predicted octanol–water partition coefficient (Wildman–Crippen LogP) is 1.60. The van der Waals surface area contributed by atoms with Gasteiger partial charge >= 0.3 is 0 Å². The maximum atomic E-state index is 12.0. The van der Waals surface area contributed by atoms with Gasteiger partial charge in [0, 0.05) is 12.1 Å². The van der Waals surface area contributed by atoms with Gasteiger partial charge < -0.3 is 5.11 Å². The van der Waals surface area contributed by atoms with Crippen LogP contribution < -0.4 is 4.72 Å². The number of halogens is 1. The number of nitrogens with one attached hydrogen (secondary N) is 1. The monoisotopic (exact) mass is 328 g/mol. The Balaban J connectivity index is 3.07. The number of aliphatic hydroxyl groups is 1. The number of hydrogen-bond acceptors (Lipinski definition) is 6. The van der Waals surface area contributed by atoms with Gasteiger partial charge in [-0.05, 0) is 5.92 Å². The molecule has 0 unspecified atom stereocenters. The van der Waals surface area contributed by atoms with Crippen molar-refractivity contribution in [1.29, 1.82) is 0 Å². The van der Waals surface area contributed by atoms with Crippen molar-refractivity contribution in [3.63, 3.8) is 0 Å². The van der Waals surface area contributed by atoms with Gasteiger partial charge in [-0.2, -0.15) is 0 Å². The molecular weight excluding hydrogens is 316 g/mol. The normalized spacial score (nSPS) is 13.7. The highest BCUT2D eigenvalue weighted by Crippen LogP contribution is 2.36. The average molecular weight is 329 g/mol. The molecule has 1 rings (SSSR count). The van der Waals surface area contributed by atoms with Crippen LogP contribution in [0.4, 0.5) is 5.69 Å². The van der Waals surface area contributed by atoms with Crippen molar-refractivity contribution >= 4 is 38.6 Å². The highest BCUT2D eigenvalue weighted by atomic mass is 35.5. The molecule has 0 spiro atoms. The Kier molecular flexibility index (Phi) is 5.27. The molecule has 0 amide bonds. The van der Waals surface area contributed by atoms with E-state index in [9.17, 15) is 18.5 Å². The summed E-state index contributed by atoms with van der Waals surface area (Å²) in [4.78, 5) is 9.87. The zero-order valence-electron chi connectivity index (χ0n) is 10.2. The molecular formula is C9H13ClN2O5S2. The Labute approximate surface area is 119 Å². The second-order valence-electron chi connectivity index (χ2n) is 4.14. The number of nitro groups is 1. The van der Waals surface area contributed by atoms with Crippen LogP contribution in [0, 0.1) is 16.0 Å². The highest BCUT2D eigenvalue weighted by molar-refractivity contribution is 7.91. The van der Waals surface area contributed by atoms with Crippen LogP contribution in [0.1, 0.15) is 13.8 Å². The van der Waals surface area contributed by atoms with E-state index >= 15 is 0 Å². The van der Waals surface area contributed by atoms with Gasteiger partial charge in [0.15, 0.2) is 4.34 Å². The Morgan fingerprint density at radius 2 is 2.16 bits per heavy atom. The lowest BCUT2D eigenvalue weighted by Gasteiger charge is -2.18. The highest BCUT2D eigenvalue weighted by Gasteiger charge is 2.28. The van der Waals surface area contributed by atoms with Crippen molar-refractivity contribution in [2.75, 3.05) is 6.61 Å². The van der Waals surface area contributed by atoms with Crippen molar-refractivity contribution in [3.8, 4) is 0 Å². The zero-order chi connectivity index (χ0) is 14.8. The molecule has 0 aromatic carbocycles. The number of nitrogens with zero attached hydrogens (tertiary/aromatic N) is 1. The molecule has 1 heterocycles. The first kappa shape index (κ1) is 16.3. The second-order valence-corrected chi connectivity index (χ2v) is 7.73. The molecule has 0 radical (unpaired) electrons. The zero-order valence-corrected chi connectivity index (χ0v) is 12.5. The minimum Gasteiger partial charge on any atom is -0.395 e. The van der Waals surface area contributed by atoms with Gasteiger partial charge in [0.05, 0.1) is 11.5 Å². The summed E-state index contributed by atoms with van der Waals surface area (Å²) in [6, 6.07) is 0.245. The maximum absolute atomic E-state index is 12.0. The van der Waals surface area contributed by atoms with E-state index in [0.717, 1.165) is 6.07 Å². The van der Waals surface area contributed by atoms with Crippen LogP contribution in [0.25, 0.3) is 0 Å². The van der Waals surface area contributed by atoms with E-state index in [4.69, 9.17) is 16.7 Å². The Morgan fingerprint density at radius 1 is 1.58 bits per heavy atom. The van der Waals surface area contributed by atoms with Crippen LogP contribution in [0.15, 0.2) is 10.3 Å². The fourth-order valence-electron chi connectivity index (χ4n) is 1.24. The van der Waals surface area contributed by atoms with E-state index in [1.165, 1.54) is 0 Å². The number of sulfonamides is 1. The van der Waals surface area contributed by atoms with E-state index in [2.05, 4.69) is 4.72 Å². The lowest BCUT2D eigenvalue weighted by Crippen LogP contribution is -2.40. The third-order valence-electron chi connectivity index (χ3n) is 2.42. The largest absolute Gasteiger partial charge is 0.395 e. The molecule has 0 aliphatic heterocycles. The molecule has 7 nitrogen and oxygen atoms in total. The van der Waals surface area contributed by atoms with Gasteiger partial charge in [0.2, 0.25) is 0 Å². The molecule has 0 bridgehead atoms. The van der Waals surface area contributed by atoms with Gasteiger partial charge in [-0.25, -0.2) is 13.1 Å². The number of hydrogen-bond donors (Lipinski definition) is 2. The molecule has 0 saturated carbocycles. The molecule has 1 aromatic heterocycles. The second kappa shape index (κ2) is 6.14. The Bertz CT molecular complexity index is 569. The molecule has 108 valence electrons. The lowest BCUT2D eigenvalue weighted by atomic mass is 10.1. The molecule has 0 fully saturated rings. The Hall–Kier alpha value is -0.740. The van der Waals surface area contributed by atoms with Crippen molar-refractivity contribution < 1.29 is 18.4 Å². The summed E-state index contributed by atoms with van der Waals surface area (Å²) in [5.41, 5.74) is -0.447. The summed E-state index contributed by atoms with van der Waals surface area (Å²) in [7, 11) is -3.93. The van der Waals surface area contributed by atoms with Crippen LogP contribution >= 0.6 is 22.9 Å². The summed E-state index contributed by atoms with van der Waals surface area (Å²) in [5, 5.41) is 19.7. The van der Waals surface area contributed by atoms with E-state index in [0.29, 0.717) is 11.3 Å². The van der Waals surface area contributed by atoms with E-state index in [1.807, 2.05) is 0 Å². The number of thiophene rings is 1. The number of rotatable bonds is 6. The minimum absolute atomic E-state index is 0.120. The van der Waals surface area contributed by atoms with Gasteiger partial charge in [-0.3, -0.25) is 10.1 Å². The molecule has 2 N–H and O–H groups in total. The van der Waals surface area contributed by atoms with Gasteiger partial charge in [-0.15, -0.1) is 11.3 Å². The van der Waals surface area contributed by atoms with Crippen LogP contribution in [-0.2, 0) is 10.0 Å². The first-order valence-electron chi connectivity index (χ1n) is 5.26. The van der Waals surface area contributed by atoms with Crippen LogP contribution in [-0.4, -0.2) is 31.1 Å². The van der Waals surface area contributed by atoms with Crippen LogP contribution in [0.5, 0.6) is 0 Å². The lowest BCUT2D eigenvalue weighted by molar-refractivity contribution is -0.384. The van der Waals surface area contributed by atoms with Crippen molar-refractivity contribution in [2.24, 2.45) is 5.92 Å². The molecule has 19 heavy (non-hydrogen) atoms. The summed E-state index contributed by atoms with van der Waals surface area (Å²) in [6.07, 6.45) is 0. The molecule has 0 aliphatic rings. The van der Waals surface area contributed by atoms with E-state index in [1.54, 1.807) is 13.8 Å². The fourth-order valence-corrected chi connectivity index (χ4v) is 4.29. The van der Waals surface area contributed by atoms with E-state index < -0.39 is 26.7 Å². The third kappa shape index (κ3) is 3.86. The fraction of sp³-hybridized carbons (Fsp3) is 0.556. The van der Waals surface area contributed by atoms with Crippen molar-refractivity contribution in [2.45, 2.75) is 24.1 Å². The molecule has 1 atom stereocenters. The summed E-state index contributed by atoms with van der Waals surface area (Å²) < 4.78 is 25.8. The van der Waals surface area contributed by atoms with Crippen molar-refractivity contribution in [3.05, 3.63) is 20.5 Å². The quantitative estimate of drug-likeness (QED) is 0.609. The predicted molar refractivity (Wildman–Crippen MR) is 72.0 cm³/mol. The van der Waals surface area contributed by atoms with Gasteiger partial charge in [0.25, 0.3) is 15.7 Å². The number of aliphatic hydroxyl groups excluding tert-OH is 1. The molecule has 0 aliphatic carbocycles. The Morgan fingerprint density at radius 3 is 2.53 bits per heavy atom. The standard InChI is InChI=1S/C9H13ClN2O5S2/c1-5(2)6(4-13)11-19(16,17)8-3-7(12(14)15)9(10)18-8/h3,5-6,11,13H,4H2,1-2H3/t6-/m1/s1. The van der Waals surface area contributed by atoms with Crippen molar-refractivity contribution in [1.82, 2.24) is 4.72 Å². The van der Waals surface area contributed by atoms with Crippen LogP contribution in [0.3, 0.4) is 0 Å². The first-order chi connectivity index (χ1) is 8.69. The molecule has 1 aromatic rings. The average Bonchev–Trinajstić information content (AvgIpc) is 2.68. The van der Waals surface area contributed by atoms with Gasteiger partial charge in [0.1, 0.15) is 4.21 Å². The topological polar surface area (TPSA) is 110 Å². The summed E-state index contributed by atoms with van der Waals surface area (Å²) in [5.74, 6) is -0.120.